The minimum atomic E-state index is -0.901. The molecule has 0 saturated carbocycles. The second kappa shape index (κ2) is 11.3. The Kier molecular flexibility index (Phi) is 7.70. The van der Waals surface area contributed by atoms with Gasteiger partial charge in [-0.15, -0.1) is 0 Å². The summed E-state index contributed by atoms with van der Waals surface area (Å²) in [6.07, 6.45) is 4.30. The zero-order chi connectivity index (χ0) is 27.5. The van der Waals surface area contributed by atoms with Crippen LogP contribution in [0.3, 0.4) is 0 Å². The predicted molar refractivity (Wildman–Crippen MR) is 143 cm³/mol. The van der Waals surface area contributed by atoms with Gasteiger partial charge < -0.3 is 14.8 Å². The molecule has 4 aromatic rings. The lowest BCUT2D eigenvalue weighted by molar-refractivity contribution is 0.0713. The van der Waals surface area contributed by atoms with E-state index in [1.807, 2.05) is 0 Å². The maximum atomic E-state index is 14.5. The molecule has 0 radical (unpaired) electrons. The quantitative estimate of drug-likeness (QED) is 0.313. The van der Waals surface area contributed by atoms with Gasteiger partial charge in [0.2, 0.25) is 0 Å². The number of carbonyl (C=O) groups is 1. The van der Waals surface area contributed by atoms with Crippen LogP contribution in [0.5, 0.6) is 0 Å². The Labute approximate surface area is 227 Å². The van der Waals surface area contributed by atoms with Gasteiger partial charge in [-0.1, -0.05) is 29.8 Å². The van der Waals surface area contributed by atoms with Crippen LogP contribution in [-0.4, -0.2) is 33.4 Å². The first kappa shape index (κ1) is 26.5. The van der Waals surface area contributed by atoms with Crippen molar-refractivity contribution in [2.45, 2.75) is 25.3 Å². The van der Waals surface area contributed by atoms with Gasteiger partial charge in [0.25, 0.3) is 11.5 Å². The number of benzene rings is 2. The third kappa shape index (κ3) is 5.83. The SMILES string of the molecule is O=C(c1cn(Cc2ccccn2)c(=O)c(Cl)c1Nc1ccc(F)cc1F)N1CCC(c2ccc(F)cc2)CC1. The molecule has 1 aliphatic rings. The first-order chi connectivity index (χ1) is 18.8. The van der Waals surface area contributed by atoms with E-state index in [1.54, 1.807) is 41.4 Å². The van der Waals surface area contributed by atoms with Crippen molar-refractivity contribution in [2.24, 2.45) is 0 Å². The number of hydrogen-bond donors (Lipinski definition) is 1. The van der Waals surface area contributed by atoms with Gasteiger partial charge in [0.1, 0.15) is 22.5 Å². The molecule has 1 aliphatic heterocycles. The number of nitrogens with zero attached hydrogens (tertiary/aromatic N) is 3. The third-order valence-electron chi connectivity index (χ3n) is 6.83. The standard InChI is InChI=1S/C29H24ClF3N4O2/c30-26-27(35-25-9-8-21(32)15-24(25)33)23(17-37(29(26)39)16-22-3-1-2-12-34-22)28(38)36-13-10-19(11-14-36)18-4-6-20(31)7-5-18/h1-9,12,15,17,19,35H,10-11,13-14,16H2. The molecule has 0 aliphatic carbocycles. The number of aromatic nitrogens is 2. The van der Waals surface area contributed by atoms with Crippen molar-refractivity contribution in [1.82, 2.24) is 14.5 Å². The lowest BCUT2D eigenvalue weighted by Gasteiger charge is -2.33. The van der Waals surface area contributed by atoms with E-state index >= 15 is 0 Å². The highest BCUT2D eigenvalue weighted by Crippen LogP contribution is 2.32. The molecule has 1 amide bonds. The summed E-state index contributed by atoms with van der Waals surface area (Å²) in [6.45, 7) is 0.905. The molecular weight excluding hydrogens is 529 g/mol. The molecule has 0 spiro atoms. The van der Waals surface area contributed by atoms with E-state index in [0.717, 1.165) is 11.6 Å². The monoisotopic (exact) mass is 552 g/mol. The maximum absolute atomic E-state index is 14.5. The topological polar surface area (TPSA) is 67.2 Å². The Morgan fingerprint density at radius 2 is 1.72 bits per heavy atom. The van der Waals surface area contributed by atoms with E-state index in [-0.39, 0.29) is 40.2 Å². The minimum Gasteiger partial charge on any atom is -0.351 e. The van der Waals surface area contributed by atoms with Gasteiger partial charge in [-0.25, -0.2) is 13.2 Å². The first-order valence-corrected chi connectivity index (χ1v) is 12.8. The molecule has 0 unspecified atom stereocenters. The van der Waals surface area contributed by atoms with Crippen LogP contribution >= 0.6 is 11.6 Å². The van der Waals surface area contributed by atoms with Crippen molar-refractivity contribution in [3.63, 3.8) is 0 Å². The van der Waals surface area contributed by atoms with Crippen molar-refractivity contribution in [3.8, 4) is 0 Å². The van der Waals surface area contributed by atoms with Crippen molar-refractivity contribution in [1.29, 1.82) is 0 Å². The van der Waals surface area contributed by atoms with Gasteiger partial charge >= 0.3 is 0 Å². The zero-order valence-electron chi connectivity index (χ0n) is 20.7. The lowest BCUT2D eigenvalue weighted by atomic mass is 9.89. The smallest absolute Gasteiger partial charge is 0.271 e. The Morgan fingerprint density at radius 3 is 2.38 bits per heavy atom. The number of anilines is 2. The largest absolute Gasteiger partial charge is 0.351 e. The van der Waals surface area contributed by atoms with E-state index in [0.29, 0.717) is 37.7 Å². The summed E-state index contributed by atoms with van der Waals surface area (Å²) in [7, 11) is 0. The first-order valence-electron chi connectivity index (χ1n) is 12.4. The van der Waals surface area contributed by atoms with Crippen molar-refractivity contribution < 1.29 is 18.0 Å². The molecule has 2 aromatic heterocycles. The van der Waals surface area contributed by atoms with E-state index in [1.165, 1.54) is 29.0 Å². The summed E-state index contributed by atoms with van der Waals surface area (Å²) in [5, 5.41) is 2.44. The summed E-state index contributed by atoms with van der Waals surface area (Å²) >= 11 is 6.49. The van der Waals surface area contributed by atoms with Crippen LogP contribution in [0.1, 0.15) is 40.4 Å². The summed E-state index contributed by atoms with van der Waals surface area (Å²) in [5.41, 5.74) is 0.863. The molecule has 3 heterocycles. The van der Waals surface area contributed by atoms with Crippen molar-refractivity contribution in [3.05, 3.63) is 123 Å². The molecule has 200 valence electrons. The average Bonchev–Trinajstić information content (AvgIpc) is 2.94. The number of piperidine rings is 1. The number of pyridine rings is 2. The van der Waals surface area contributed by atoms with Gasteiger partial charge in [0.05, 0.1) is 29.2 Å². The minimum absolute atomic E-state index is 0.0601. The number of rotatable bonds is 6. The fraction of sp³-hybridized carbons (Fsp3) is 0.207. The van der Waals surface area contributed by atoms with E-state index in [9.17, 15) is 22.8 Å². The van der Waals surface area contributed by atoms with Gasteiger partial charge in [0, 0.05) is 31.5 Å². The lowest BCUT2D eigenvalue weighted by Crippen LogP contribution is -2.39. The van der Waals surface area contributed by atoms with Crippen LogP contribution in [0.2, 0.25) is 5.02 Å². The summed E-state index contributed by atoms with van der Waals surface area (Å²) in [6, 6.07) is 14.5. The number of hydrogen-bond acceptors (Lipinski definition) is 4. The van der Waals surface area contributed by atoms with Crippen molar-refractivity contribution in [2.75, 3.05) is 18.4 Å². The third-order valence-corrected chi connectivity index (χ3v) is 7.18. The van der Waals surface area contributed by atoms with Crippen LogP contribution in [0.25, 0.3) is 0 Å². The normalized spacial score (nSPS) is 13.9. The van der Waals surface area contributed by atoms with Crippen molar-refractivity contribution >= 4 is 28.9 Å². The Balaban J connectivity index is 1.47. The fourth-order valence-corrected chi connectivity index (χ4v) is 5.00. The summed E-state index contributed by atoms with van der Waals surface area (Å²) < 4.78 is 42.6. The van der Waals surface area contributed by atoms with Gasteiger partial charge in [0.15, 0.2) is 0 Å². The van der Waals surface area contributed by atoms with Gasteiger partial charge in [-0.05, 0) is 60.7 Å². The maximum Gasteiger partial charge on any atom is 0.271 e. The van der Waals surface area contributed by atoms with Crippen LogP contribution < -0.4 is 10.9 Å². The Hall–Kier alpha value is -4.11. The number of amides is 1. The molecule has 1 N–H and O–H groups in total. The molecule has 2 aromatic carbocycles. The molecule has 1 fully saturated rings. The summed E-state index contributed by atoms with van der Waals surface area (Å²) in [5.74, 6) is -2.20. The highest BCUT2D eigenvalue weighted by molar-refractivity contribution is 6.34. The fourth-order valence-electron chi connectivity index (χ4n) is 4.74. The molecule has 6 nitrogen and oxygen atoms in total. The number of nitrogens with one attached hydrogen (secondary N) is 1. The summed E-state index contributed by atoms with van der Waals surface area (Å²) in [4.78, 5) is 32.8. The van der Waals surface area contributed by atoms with Crippen LogP contribution in [0.15, 0.2) is 77.9 Å². The Bertz CT molecular complexity index is 1550. The molecule has 10 heteroatoms. The predicted octanol–water partition coefficient (Wildman–Crippen LogP) is 6.13. The number of halogens is 4. The van der Waals surface area contributed by atoms with Gasteiger partial charge in [-0.3, -0.25) is 14.6 Å². The molecule has 5 rings (SSSR count). The second-order valence-electron chi connectivity index (χ2n) is 9.35. The van der Waals surface area contributed by atoms with Crippen LogP contribution in [-0.2, 0) is 6.54 Å². The Morgan fingerprint density at radius 1 is 1.00 bits per heavy atom. The molecule has 1 saturated heterocycles. The van der Waals surface area contributed by atoms with E-state index in [4.69, 9.17) is 11.6 Å². The van der Waals surface area contributed by atoms with E-state index in [2.05, 4.69) is 10.3 Å². The van der Waals surface area contributed by atoms with E-state index < -0.39 is 23.1 Å². The second-order valence-corrected chi connectivity index (χ2v) is 9.73. The molecule has 39 heavy (non-hydrogen) atoms. The zero-order valence-corrected chi connectivity index (χ0v) is 21.5. The highest BCUT2D eigenvalue weighted by Gasteiger charge is 2.28. The number of likely N-dealkylation sites (tertiary alicyclic amines) is 1. The average molecular weight is 553 g/mol. The highest BCUT2D eigenvalue weighted by atomic mass is 35.5. The molecule has 0 atom stereocenters. The number of carbonyl (C=O) groups excluding carboxylic acids is 1. The van der Waals surface area contributed by atoms with Gasteiger partial charge in [-0.2, -0.15) is 0 Å². The molecule has 0 bridgehead atoms. The van der Waals surface area contributed by atoms with Crippen LogP contribution in [0.4, 0.5) is 24.5 Å². The molecular formula is C29H24ClF3N4O2. The van der Waals surface area contributed by atoms with Crippen LogP contribution in [0, 0.1) is 17.5 Å².